The van der Waals surface area contributed by atoms with E-state index < -0.39 is 0 Å². The molecule has 1 aliphatic rings. The zero-order valence-electron chi connectivity index (χ0n) is 11.7. The molecule has 1 unspecified atom stereocenters. The van der Waals surface area contributed by atoms with Gasteiger partial charge in [-0.2, -0.15) is 0 Å². The van der Waals surface area contributed by atoms with E-state index in [2.05, 4.69) is 46.1 Å². The Labute approximate surface area is 110 Å². The third-order valence-corrected chi connectivity index (χ3v) is 3.89. The molecule has 100 valence electrons. The van der Waals surface area contributed by atoms with E-state index in [4.69, 9.17) is 0 Å². The fourth-order valence-electron chi connectivity index (χ4n) is 2.43. The van der Waals surface area contributed by atoms with E-state index in [9.17, 15) is 0 Å². The molecule has 1 aliphatic heterocycles. The summed E-state index contributed by atoms with van der Waals surface area (Å²) in [7, 11) is 1.91. The van der Waals surface area contributed by atoms with Crippen LogP contribution in [0.4, 0.5) is 11.5 Å². The molecular weight excluding hydrogens is 224 g/mol. The number of nitrogens with one attached hydrogen (secondary N) is 1. The van der Waals surface area contributed by atoms with Gasteiger partial charge in [0.25, 0.3) is 0 Å². The van der Waals surface area contributed by atoms with Crippen LogP contribution in [-0.2, 0) is 0 Å². The summed E-state index contributed by atoms with van der Waals surface area (Å²) in [6.45, 7) is 9.12. The summed E-state index contributed by atoms with van der Waals surface area (Å²) in [5.74, 6) is 0.942. The molecular formula is C14H24N4. The molecule has 4 heteroatoms. The fraction of sp³-hybridized carbons (Fsp3) is 0.643. The molecule has 0 spiro atoms. The third-order valence-electron chi connectivity index (χ3n) is 3.89. The van der Waals surface area contributed by atoms with E-state index in [-0.39, 0.29) is 0 Å². The highest BCUT2D eigenvalue weighted by atomic mass is 15.3. The molecule has 18 heavy (non-hydrogen) atoms. The van der Waals surface area contributed by atoms with Crippen LogP contribution in [0.5, 0.6) is 0 Å². The molecule has 2 heterocycles. The van der Waals surface area contributed by atoms with Crippen molar-refractivity contribution in [2.24, 2.45) is 0 Å². The SMILES string of the molecule is CCC(C)N1CCN(c2ccnc(NC)c2)CC1. The van der Waals surface area contributed by atoms with E-state index >= 15 is 0 Å². The minimum absolute atomic E-state index is 0.706. The molecule has 1 saturated heterocycles. The number of piperazine rings is 1. The zero-order valence-corrected chi connectivity index (χ0v) is 11.7. The van der Waals surface area contributed by atoms with Gasteiger partial charge in [-0.05, 0) is 19.4 Å². The van der Waals surface area contributed by atoms with Crippen LogP contribution in [0.25, 0.3) is 0 Å². The first kappa shape index (κ1) is 13.1. The average Bonchev–Trinajstić information content (AvgIpc) is 2.46. The average molecular weight is 248 g/mol. The lowest BCUT2D eigenvalue weighted by Gasteiger charge is -2.39. The van der Waals surface area contributed by atoms with Crippen molar-refractivity contribution in [3.05, 3.63) is 18.3 Å². The van der Waals surface area contributed by atoms with Gasteiger partial charge in [-0.3, -0.25) is 4.90 Å². The Morgan fingerprint density at radius 1 is 1.33 bits per heavy atom. The van der Waals surface area contributed by atoms with Crippen molar-refractivity contribution in [1.29, 1.82) is 0 Å². The minimum Gasteiger partial charge on any atom is -0.373 e. The predicted molar refractivity (Wildman–Crippen MR) is 77.3 cm³/mol. The van der Waals surface area contributed by atoms with Crippen molar-refractivity contribution in [3.63, 3.8) is 0 Å². The van der Waals surface area contributed by atoms with Crippen molar-refractivity contribution >= 4 is 11.5 Å². The number of hydrogen-bond donors (Lipinski definition) is 1. The standard InChI is InChI=1S/C14H24N4/c1-4-12(2)17-7-9-18(10-8-17)13-5-6-16-14(11-13)15-3/h5-6,11-12H,4,7-10H2,1-3H3,(H,15,16). The second-order valence-electron chi connectivity index (χ2n) is 4.93. The normalized spacial score (nSPS) is 18.7. The molecule has 0 aliphatic carbocycles. The smallest absolute Gasteiger partial charge is 0.127 e. The number of anilines is 2. The lowest BCUT2D eigenvalue weighted by Crippen LogP contribution is -2.49. The van der Waals surface area contributed by atoms with E-state index in [1.165, 1.54) is 12.1 Å². The quantitative estimate of drug-likeness (QED) is 0.883. The van der Waals surface area contributed by atoms with Gasteiger partial charge in [0, 0.05) is 57.2 Å². The predicted octanol–water partition coefficient (Wildman–Crippen LogP) is 2.04. The van der Waals surface area contributed by atoms with Crippen LogP contribution in [0.1, 0.15) is 20.3 Å². The third kappa shape index (κ3) is 2.93. The molecule has 0 saturated carbocycles. The molecule has 1 N–H and O–H groups in total. The van der Waals surface area contributed by atoms with Gasteiger partial charge in [0.2, 0.25) is 0 Å². The molecule has 1 atom stereocenters. The molecule has 1 fully saturated rings. The fourth-order valence-corrected chi connectivity index (χ4v) is 2.43. The Kier molecular flexibility index (Phi) is 4.42. The Hall–Kier alpha value is -1.29. The Morgan fingerprint density at radius 3 is 2.67 bits per heavy atom. The summed E-state index contributed by atoms with van der Waals surface area (Å²) in [5.41, 5.74) is 1.28. The van der Waals surface area contributed by atoms with Crippen molar-refractivity contribution in [2.45, 2.75) is 26.3 Å². The van der Waals surface area contributed by atoms with Gasteiger partial charge in [0.15, 0.2) is 0 Å². The van der Waals surface area contributed by atoms with Gasteiger partial charge >= 0.3 is 0 Å². The zero-order chi connectivity index (χ0) is 13.0. The van der Waals surface area contributed by atoms with Crippen molar-refractivity contribution in [3.8, 4) is 0 Å². The van der Waals surface area contributed by atoms with Crippen LogP contribution >= 0.6 is 0 Å². The summed E-state index contributed by atoms with van der Waals surface area (Å²) in [6.07, 6.45) is 3.11. The maximum Gasteiger partial charge on any atom is 0.127 e. The van der Waals surface area contributed by atoms with E-state index in [1.54, 1.807) is 0 Å². The topological polar surface area (TPSA) is 31.4 Å². The van der Waals surface area contributed by atoms with Crippen molar-refractivity contribution in [2.75, 3.05) is 43.4 Å². The van der Waals surface area contributed by atoms with E-state index in [1.807, 2.05) is 13.2 Å². The lowest BCUT2D eigenvalue weighted by atomic mass is 10.2. The van der Waals surface area contributed by atoms with Crippen LogP contribution in [0.15, 0.2) is 18.3 Å². The maximum absolute atomic E-state index is 4.26. The second-order valence-corrected chi connectivity index (χ2v) is 4.93. The molecule has 0 radical (unpaired) electrons. The number of rotatable bonds is 4. The van der Waals surface area contributed by atoms with Gasteiger partial charge in [-0.25, -0.2) is 4.98 Å². The van der Waals surface area contributed by atoms with Gasteiger partial charge in [-0.1, -0.05) is 6.92 Å². The molecule has 2 rings (SSSR count). The van der Waals surface area contributed by atoms with Crippen LogP contribution in [0.2, 0.25) is 0 Å². The highest BCUT2D eigenvalue weighted by molar-refractivity contribution is 5.53. The first-order valence-corrected chi connectivity index (χ1v) is 6.87. The summed E-state index contributed by atoms with van der Waals surface area (Å²) < 4.78 is 0. The number of nitrogens with zero attached hydrogens (tertiary/aromatic N) is 3. The number of hydrogen-bond acceptors (Lipinski definition) is 4. The summed E-state index contributed by atoms with van der Waals surface area (Å²) in [6, 6.07) is 4.93. The van der Waals surface area contributed by atoms with E-state index in [0.717, 1.165) is 32.0 Å². The van der Waals surface area contributed by atoms with Crippen LogP contribution in [-0.4, -0.2) is 49.2 Å². The summed E-state index contributed by atoms with van der Waals surface area (Å²) in [5, 5.41) is 3.09. The Bertz CT molecular complexity index is 372. The Balaban J connectivity index is 1.96. The maximum atomic E-state index is 4.26. The highest BCUT2D eigenvalue weighted by Crippen LogP contribution is 2.19. The number of pyridine rings is 1. The first-order chi connectivity index (χ1) is 8.74. The highest BCUT2D eigenvalue weighted by Gasteiger charge is 2.20. The molecule has 0 aromatic carbocycles. The van der Waals surface area contributed by atoms with E-state index in [0.29, 0.717) is 6.04 Å². The second kappa shape index (κ2) is 6.05. The molecule has 0 amide bonds. The lowest BCUT2D eigenvalue weighted by molar-refractivity contribution is 0.193. The Morgan fingerprint density at radius 2 is 2.06 bits per heavy atom. The van der Waals surface area contributed by atoms with Crippen LogP contribution in [0, 0.1) is 0 Å². The van der Waals surface area contributed by atoms with Crippen molar-refractivity contribution < 1.29 is 0 Å². The largest absolute Gasteiger partial charge is 0.373 e. The van der Waals surface area contributed by atoms with Gasteiger partial charge in [0.1, 0.15) is 5.82 Å². The molecule has 1 aromatic rings. The molecule has 1 aromatic heterocycles. The van der Waals surface area contributed by atoms with Gasteiger partial charge in [0.05, 0.1) is 0 Å². The summed E-state index contributed by atoms with van der Waals surface area (Å²) >= 11 is 0. The minimum atomic E-state index is 0.706. The van der Waals surface area contributed by atoms with Crippen LogP contribution < -0.4 is 10.2 Å². The number of aromatic nitrogens is 1. The van der Waals surface area contributed by atoms with Crippen LogP contribution in [0.3, 0.4) is 0 Å². The van der Waals surface area contributed by atoms with Crippen molar-refractivity contribution in [1.82, 2.24) is 9.88 Å². The first-order valence-electron chi connectivity index (χ1n) is 6.87. The molecule has 0 bridgehead atoms. The monoisotopic (exact) mass is 248 g/mol. The van der Waals surface area contributed by atoms with Gasteiger partial charge < -0.3 is 10.2 Å². The van der Waals surface area contributed by atoms with Gasteiger partial charge in [-0.15, -0.1) is 0 Å². The summed E-state index contributed by atoms with van der Waals surface area (Å²) in [4.78, 5) is 9.29. The molecule has 4 nitrogen and oxygen atoms in total.